The minimum absolute atomic E-state index is 0.0723. The number of hydrogen-bond acceptors (Lipinski definition) is 3. The fraction of sp³-hybridized carbons (Fsp3) is 0.600. The van der Waals surface area contributed by atoms with E-state index in [0.29, 0.717) is 6.42 Å². The van der Waals surface area contributed by atoms with Crippen molar-refractivity contribution in [3.8, 4) is 0 Å². The molecule has 2 amide bonds. The molecule has 0 spiro atoms. The van der Waals surface area contributed by atoms with Crippen molar-refractivity contribution < 1.29 is 9.59 Å². The zero-order valence-electron chi connectivity index (χ0n) is 11.7. The van der Waals surface area contributed by atoms with Gasteiger partial charge in [-0.15, -0.1) is 11.3 Å². The van der Waals surface area contributed by atoms with Gasteiger partial charge in [-0.3, -0.25) is 9.59 Å². The smallest absolute Gasteiger partial charge is 0.228 e. The van der Waals surface area contributed by atoms with Crippen molar-refractivity contribution in [1.29, 1.82) is 0 Å². The van der Waals surface area contributed by atoms with Crippen LogP contribution in [0.2, 0.25) is 0 Å². The zero-order chi connectivity index (χ0) is 14.1. The molecule has 0 aliphatic carbocycles. The number of rotatable bonds is 2. The zero-order valence-corrected chi connectivity index (χ0v) is 12.6. The van der Waals surface area contributed by atoms with Crippen LogP contribution in [0.15, 0.2) is 17.5 Å². The molecule has 20 heavy (non-hydrogen) atoms. The maximum atomic E-state index is 12.7. The molecule has 3 rings (SSSR count). The van der Waals surface area contributed by atoms with E-state index in [9.17, 15) is 9.59 Å². The van der Waals surface area contributed by atoms with Crippen LogP contribution in [-0.2, 0) is 9.59 Å². The van der Waals surface area contributed by atoms with E-state index < -0.39 is 0 Å². The van der Waals surface area contributed by atoms with Crippen molar-refractivity contribution in [2.45, 2.75) is 31.7 Å². The summed E-state index contributed by atoms with van der Waals surface area (Å²) in [6.45, 7) is 1.70. The Bertz CT molecular complexity index is 494. The minimum Gasteiger partial charge on any atom is -0.342 e. The first-order chi connectivity index (χ1) is 9.68. The molecule has 2 aliphatic heterocycles. The number of thiophene rings is 1. The highest BCUT2D eigenvalue weighted by Gasteiger charge is 2.44. The Morgan fingerprint density at radius 2 is 2.05 bits per heavy atom. The average molecular weight is 292 g/mol. The summed E-state index contributed by atoms with van der Waals surface area (Å²) in [5.74, 6) is 0.0452. The first-order valence-electron chi connectivity index (χ1n) is 7.26. The van der Waals surface area contributed by atoms with Gasteiger partial charge in [0.25, 0.3) is 0 Å². The third-order valence-electron chi connectivity index (χ3n) is 4.41. The second kappa shape index (κ2) is 5.56. The van der Waals surface area contributed by atoms with Crippen molar-refractivity contribution >= 4 is 23.2 Å². The highest BCUT2D eigenvalue weighted by molar-refractivity contribution is 7.10. The lowest BCUT2D eigenvalue weighted by Crippen LogP contribution is -2.41. The molecule has 1 aromatic rings. The first kappa shape index (κ1) is 13.6. The Kier molecular flexibility index (Phi) is 3.78. The molecule has 0 N–H and O–H groups in total. The van der Waals surface area contributed by atoms with Crippen molar-refractivity contribution in [3.63, 3.8) is 0 Å². The van der Waals surface area contributed by atoms with Crippen LogP contribution >= 0.6 is 11.3 Å². The van der Waals surface area contributed by atoms with Crippen LogP contribution in [-0.4, -0.2) is 41.8 Å². The first-order valence-corrected chi connectivity index (χ1v) is 8.14. The molecule has 1 aromatic heterocycles. The molecular weight excluding hydrogens is 272 g/mol. The van der Waals surface area contributed by atoms with E-state index in [4.69, 9.17) is 0 Å². The lowest BCUT2D eigenvalue weighted by Gasteiger charge is -2.31. The fourth-order valence-corrected chi connectivity index (χ4v) is 4.22. The van der Waals surface area contributed by atoms with Gasteiger partial charge in [0.1, 0.15) is 0 Å². The number of amides is 2. The van der Waals surface area contributed by atoms with Gasteiger partial charge in [-0.25, -0.2) is 0 Å². The lowest BCUT2D eigenvalue weighted by molar-refractivity contribution is -0.137. The number of hydrogen-bond donors (Lipinski definition) is 0. The molecule has 3 heterocycles. The molecule has 0 radical (unpaired) electrons. The van der Waals surface area contributed by atoms with Crippen LogP contribution < -0.4 is 0 Å². The normalized spacial score (nSPS) is 27.1. The Morgan fingerprint density at radius 3 is 2.70 bits per heavy atom. The molecule has 2 saturated heterocycles. The Hall–Kier alpha value is -1.36. The summed E-state index contributed by atoms with van der Waals surface area (Å²) < 4.78 is 0. The third-order valence-corrected chi connectivity index (χ3v) is 5.35. The maximum Gasteiger partial charge on any atom is 0.228 e. The van der Waals surface area contributed by atoms with Gasteiger partial charge >= 0.3 is 0 Å². The Morgan fingerprint density at radius 1 is 1.30 bits per heavy atom. The number of carbonyl (C=O) groups excluding carboxylic acids is 2. The van der Waals surface area contributed by atoms with Gasteiger partial charge in [0.15, 0.2) is 0 Å². The van der Waals surface area contributed by atoms with Gasteiger partial charge in [0, 0.05) is 31.4 Å². The molecule has 0 saturated carbocycles. The molecule has 4 nitrogen and oxygen atoms in total. The van der Waals surface area contributed by atoms with Crippen molar-refractivity contribution in [3.05, 3.63) is 22.4 Å². The van der Waals surface area contributed by atoms with Crippen molar-refractivity contribution in [2.24, 2.45) is 5.92 Å². The van der Waals surface area contributed by atoms with E-state index >= 15 is 0 Å². The molecule has 108 valence electrons. The molecular formula is C15H20N2O2S. The maximum absolute atomic E-state index is 12.7. The number of nitrogens with zero attached hydrogens (tertiary/aromatic N) is 2. The summed E-state index contributed by atoms with van der Waals surface area (Å²) in [5.41, 5.74) is 0. The van der Waals surface area contributed by atoms with Crippen LogP contribution in [0.25, 0.3) is 0 Å². The van der Waals surface area contributed by atoms with E-state index in [-0.39, 0.29) is 23.8 Å². The topological polar surface area (TPSA) is 40.6 Å². The second-order valence-corrected chi connectivity index (χ2v) is 6.64. The van der Waals surface area contributed by atoms with Gasteiger partial charge in [-0.2, -0.15) is 0 Å². The third kappa shape index (κ3) is 2.35. The summed E-state index contributed by atoms with van der Waals surface area (Å²) in [4.78, 5) is 29.6. The number of piperidine rings is 1. The number of carbonyl (C=O) groups is 2. The van der Waals surface area contributed by atoms with E-state index in [2.05, 4.69) is 0 Å². The molecule has 0 aromatic carbocycles. The second-order valence-electron chi connectivity index (χ2n) is 5.66. The van der Waals surface area contributed by atoms with Gasteiger partial charge in [-0.1, -0.05) is 6.07 Å². The van der Waals surface area contributed by atoms with E-state index in [1.165, 1.54) is 6.42 Å². The van der Waals surface area contributed by atoms with Crippen LogP contribution in [0.5, 0.6) is 0 Å². The molecule has 0 bridgehead atoms. The molecule has 2 atom stereocenters. The predicted octanol–water partition coefficient (Wildman–Crippen LogP) is 2.28. The Balaban J connectivity index is 1.83. The average Bonchev–Trinajstić information content (AvgIpc) is 3.08. The summed E-state index contributed by atoms with van der Waals surface area (Å²) in [7, 11) is 1.82. The highest BCUT2D eigenvalue weighted by atomic mass is 32.1. The standard InChI is InChI=1S/C15H20N2O2S/c1-16-13(18)10-11(14(16)12-6-5-9-20-12)15(19)17-7-3-2-4-8-17/h5-6,9,11,14H,2-4,7-8,10H2,1H3. The summed E-state index contributed by atoms with van der Waals surface area (Å²) in [5, 5.41) is 2.01. The van der Waals surface area contributed by atoms with E-state index in [0.717, 1.165) is 30.8 Å². The molecule has 5 heteroatoms. The summed E-state index contributed by atoms with van der Waals surface area (Å²) >= 11 is 1.63. The molecule has 2 unspecified atom stereocenters. The largest absolute Gasteiger partial charge is 0.342 e. The van der Waals surface area contributed by atoms with Crippen molar-refractivity contribution in [1.82, 2.24) is 9.80 Å². The minimum atomic E-state index is -0.204. The Labute approximate surface area is 123 Å². The molecule has 2 aliphatic rings. The quantitative estimate of drug-likeness (QED) is 0.839. The van der Waals surface area contributed by atoms with Crippen LogP contribution in [0.3, 0.4) is 0 Å². The predicted molar refractivity (Wildman–Crippen MR) is 78.4 cm³/mol. The summed E-state index contributed by atoms with van der Waals surface area (Å²) in [6.07, 6.45) is 3.74. The van der Waals surface area contributed by atoms with Gasteiger partial charge in [-0.05, 0) is 30.7 Å². The van der Waals surface area contributed by atoms with Gasteiger partial charge in [0.05, 0.1) is 12.0 Å². The molecule has 2 fully saturated rings. The van der Waals surface area contributed by atoms with Gasteiger partial charge in [0.2, 0.25) is 11.8 Å². The van der Waals surface area contributed by atoms with Gasteiger partial charge < -0.3 is 9.80 Å². The summed E-state index contributed by atoms with van der Waals surface area (Å²) in [6, 6.07) is 3.94. The van der Waals surface area contributed by atoms with Crippen LogP contribution in [0.1, 0.15) is 36.6 Å². The number of likely N-dealkylation sites (tertiary alicyclic amines) is 2. The van der Waals surface area contributed by atoms with Crippen LogP contribution in [0.4, 0.5) is 0 Å². The van der Waals surface area contributed by atoms with Crippen molar-refractivity contribution in [2.75, 3.05) is 20.1 Å². The lowest BCUT2D eigenvalue weighted by atomic mass is 9.96. The SMILES string of the molecule is CN1C(=O)CC(C(=O)N2CCCCC2)C1c1cccs1. The highest BCUT2D eigenvalue weighted by Crippen LogP contribution is 2.40. The fourth-order valence-electron chi connectivity index (χ4n) is 3.29. The van der Waals surface area contributed by atoms with E-state index in [1.54, 1.807) is 16.2 Å². The van der Waals surface area contributed by atoms with E-state index in [1.807, 2.05) is 29.5 Å². The van der Waals surface area contributed by atoms with Crippen LogP contribution in [0, 0.1) is 5.92 Å². The monoisotopic (exact) mass is 292 g/mol.